The van der Waals surface area contributed by atoms with Crippen molar-refractivity contribution in [2.24, 2.45) is 11.8 Å². The minimum Gasteiger partial charge on any atom is -0.490 e. The Kier molecular flexibility index (Phi) is 6.87. The monoisotopic (exact) mass is 437 g/mol. The van der Waals surface area contributed by atoms with Crippen molar-refractivity contribution < 1.29 is 14.3 Å². The summed E-state index contributed by atoms with van der Waals surface area (Å²) in [7, 11) is 0. The van der Waals surface area contributed by atoms with Crippen molar-refractivity contribution in [3.63, 3.8) is 0 Å². The number of amides is 2. The van der Waals surface area contributed by atoms with Crippen LogP contribution in [0.3, 0.4) is 0 Å². The zero-order valence-corrected chi connectivity index (χ0v) is 18.7. The van der Waals surface area contributed by atoms with E-state index in [1.807, 2.05) is 35.2 Å². The molecule has 2 aromatic rings. The number of hydrogen-bond donors (Lipinski definition) is 1. The first-order chi connectivity index (χ1) is 15.5. The van der Waals surface area contributed by atoms with E-state index in [1.165, 1.54) is 0 Å². The molecule has 3 heterocycles. The first-order valence-electron chi connectivity index (χ1n) is 11.3. The summed E-state index contributed by atoms with van der Waals surface area (Å²) in [4.78, 5) is 28.8. The van der Waals surface area contributed by atoms with Gasteiger partial charge in [0.15, 0.2) is 0 Å². The predicted molar refractivity (Wildman–Crippen MR) is 122 cm³/mol. The van der Waals surface area contributed by atoms with Crippen molar-refractivity contribution in [1.29, 1.82) is 0 Å². The van der Waals surface area contributed by atoms with Crippen LogP contribution >= 0.6 is 0 Å². The lowest BCUT2D eigenvalue weighted by molar-refractivity contribution is -0.133. The van der Waals surface area contributed by atoms with Gasteiger partial charge < -0.3 is 19.9 Å². The molecule has 1 N–H and O–H groups in total. The van der Waals surface area contributed by atoms with Gasteiger partial charge in [0.1, 0.15) is 11.9 Å². The van der Waals surface area contributed by atoms with Crippen LogP contribution in [-0.2, 0) is 9.59 Å². The Balaban J connectivity index is 1.20. The van der Waals surface area contributed by atoms with E-state index in [0.717, 1.165) is 43.1 Å². The van der Waals surface area contributed by atoms with Gasteiger partial charge in [0.2, 0.25) is 11.8 Å². The second-order valence-electron chi connectivity index (χ2n) is 9.01. The van der Waals surface area contributed by atoms with E-state index < -0.39 is 0 Å². The number of benzene rings is 1. The smallest absolute Gasteiger partial charge is 0.231 e. The number of anilines is 2. The molecule has 0 radical (unpaired) electrons. The molecular weight excluding hydrogens is 406 g/mol. The van der Waals surface area contributed by atoms with E-state index in [0.29, 0.717) is 25.4 Å². The van der Waals surface area contributed by atoms with Crippen LogP contribution in [0.5, 0.6) is 5.75 Å². The summed E-state index contributed by atoms with van der Waals surface area (Å²) in [5.41, 5.74) is 1.75. The molecule has 2 saturated heterocycles. The summed E-state index contributed by atoms with van der Waals surface area (Å²) in [5, 5.41) is 10.6. The maximum atomic E-state index is 12.5. The number of carbonyl (C=O) groups is 2. The Labute approximate surface area is 188 Å². The molecule has 2 aliphatic heterocycles. The molecule has 0 aliphatic carbocycles. The van der Waals surface area contributed by atoms with Gasteiger partial charge in [-0.05, 0) is 36.2 Å². The van der Waals surface area contributed by atoms with Gasteiger partial charge in [0.25, 0.3) is 0 Å². The number of nitrogens with one attached hydrogen (secondary N) is 1. The summed E-state index contributed by atoms with van der Waals surface area (Å²) in [6.07, 6.45) is 5.77. The van der Waals surface area contributed by atoms with Gasteiger partial charge in [0.05, 0.1) is 24.0 Å². The molecule has 0 saturated carbocycles. The van der Waals surface area contributed by atoms with E-state index in [-0.39, 0.29) is 23.8 Å². The minimum absolute atomic E-state index is 0.0235. The number of aromatic nitrogens is 2. The third-order valence-corrected chi connectivity index (χ3v) is 5.99. The van der Waals surface area contributed by atoms with E-state index >= 15 is 0 Å². The van der Waals surface area contributed by atoms with Crippen molar-refractivity contribution in [3.05, 3.63) is 42.7 Å². The second-order valence-corrected chi connectivity index (χ2v) is 9.01. The summed E-state index contributed by atoms with van der Waals surface area (Å²) in [6.45, 7) is 6.99. The highest BCUT2D eigenvalue weighted by Gasteiger charge is 2.33. The first kappa shape index (κ1) is 22.0. The Morgan fingerprint density at radius 2 is 1.81 bits per heavy atom. The molecule has 2 fully saturated rings. The fraction of sp³-hybridized carbons (Fsp3) is 0.500. The van der Waals surface area contributed by atoms with Crippen LogP contribution in [0.4, 0.5) is 11.4 Å². The standard InChI is InChI=1S/C24H31N5O3/c1-17(2)13-23(30)28-11-8-22(9-12-28)32-21-5-3-19(4-6-21)27-24(31)18-15-29(16-18)20-7-10-25-26-14-20/h3-7,10,14,17-18,22H,8-9,11-13,15-16H2,1-2H3,(H,27,31). The second kappa shape index (κ2) is 9.97. The minimum atomic E-state index is -0.0392. The highest BCUT2D eigenvalue weighted by Crippen LogP contribution is 2.26. The van der Waals surface area contributed by atoms with Crippen LogP contribution < -0.4 is 15.0 Å². The molecule has 170 valence electrons. The quantitative estimate of drug-likeness (QED) is 0.717. The molecule has 8 heteroatoms. The molecule has 1 aromatic heterocycles. The Bertz CT molecular complexity index is 905. The number of likely N-dealkylation sites (tertiary alicyclic amines) is 1. The van der Waals surface area contributed by atoms with Crippen LogP contribution in [0.15, 0.2) is 42.7 Å². The third kappa shape index (κ3) is 5.55. The van der Waals surface area contributed by atoms with Crippen LogP contribution in [0, 0.1) is 11.8 Å². The normalized spacial score (nSPS) is 17.2. The highest BCUT2D eigenvalue weighted by molar-refractivity contribution is 5.94. The van der Waals surface area contributed by atoms with Crippen LogP contribution in [-0.4, -0.2) is 59.2 Å². The fourth-order valence-electron chi connectivity index (χ4n) is 4.08. The fourth-order valence-corrected chi connectivity index (χ4v) is 4.08. The van der Waals surface area contributed by atoms with Crippen molar-refractivity contribution >= 4 is 23.2 Å². The van der Waals surface area contributed by atoms with E-state index in [4.69, 9.17) is 4.74 Å². The summed E-state index contributed by atoms with van der Waals surface area (Å²) >= 11 is 0. The summed E-state index contributed by atoms with van der Waals surface area (Å²) < 4.78 is 6.10. The highest BCUT2D eigenvalue weighted by atomic mass is 16.5. The number of nitrogens with zero attached hydrogens (tertiary/aromatic N) is 4. The Hall–Kier alpha value is -3.16. The first-order valence-corrected chi connectivity index (χ1v) is 11.3. The molecule has 0 unspecified atom stereocenters. The van der Waals surface area contributed by atoms with Gasteiger partial charge in [-0.25, -0.2) is 0 Å². The van der Waals surface area contributed by atoms with Crippen molar-refractivity contribution in [3.8, 4) is 5.75 Å². The van der Waals surface area contributed by atoms with Gasteiger partial charge in [-0.1, -0.05) is 13.8 Å². The molecule has 0 atom stereocenters. The molecule has 8 nitrogen and oxygen atoms in total. The van der Waals surface area contributed by atoms with Crippen LogP contribution in [0.1, 0.15) is 33.1 Å². The molecule has 4 rings (SSSR count). The molecule has 2 aliphatic rings. The summed E-state index contributed by atoms with van der Waals surface area (Å²) in [5.74, 6) is 1.40. The topological polar surface area (TPSA) is 87.7 Å². The molecule has 2 amide bonds. The molecule has 0 bridgehead atoms. The lowest BCUT2D eigenvalue weighted by Crippen LogP contribution is -2.52. The lowest BCUT2D eigenvalue weighted by atomic mass is 9.98. The molecule has 0 spiro atoms. The maximum Gasteiger partial charge on any atom is 0.231 e. The SMILES string of the molecule is CC(C)CC(=O)N1CCC(Oc2ccc(NC(=O)C3CN(c4ccnnc4)C3)cc2)CC1. The largest absolute Gasteiger partial charge is 0.490 e. The summed E-state index contributed by atoms with van der Waals surface area (Å²) in [6, 6.07) is 9.42. The van der Waals surface area contributed by atoms with Gasteiger partial charge in [-0.15, -0.1) is 0 Å². The molecular formula is C24H31N5O3. The maximum absolute atomic E-state index is 12.5. The van der Waals surface area contributed by atoms with Gasteiger partial charge in [0, 0.05) is 51.1 Å². The lowest BCUT2D eigenvalue weighted by Gasteiger charge is -2.39. The van der Waals surface area contributed by atoms with E-state index in [2.05, 4.69) is 34.3 Å². The molecule has 32 heavy (non-hydrogen) atoms. The van der Waals surface area contributed by atoms with Gasteiger partial charge in [-0.3, -0.25) is 9.59 Å². The Morgan fingerprint density at radius 1 is 1.09 bits per heavy atom. The van der Waals surface area contributed by atoms with Gasteiger partial charge >= 0.3 is 0 Å². The van der Waals surface area contributed by atoms with Crippen molar-refractivity contribution in [2.45, 2.75) is 39.2 Å². The van der Waals surface area contributed by atoms with Crippen molar-refractivity contribution in [2.75, 3.05) is 36.4 Å². The zero-order chi connectivity index (χ0) is 22.5. The van der Waals surface area contributed by atoms with Gasteiger partial charge in [-0.2, -0.15) is 10.2 Å². The number of hydrogen-bond acceptors (Lipinski definition) is 6. The number of carbonyl (C=O) groups excluding carboxylic acids is 2. The zero-order valence-electron chi connectivity index (χ0n) is 18.7. The number of ether oxygens (including phenoxy) is 1. The number of piperidine rings is 1. The van der Waals surface area contributed by atoms with Crippen molar-refractivity contribution in [1.82, 2.24) is 15.1 Å². The van der Waals surface area contributed by atoms with E-state index in [1.54, 1.807) is 12.4 Å². The number of rotatable bonds is 7. The van der Waals surface area contributed by atoms with Crippen LogP contribution in [0.2, 0.25) is 0 Å². The van der Waals surface area contributed by atoms with E-state index in [9.17, 15) is 9.59 Å². The average molecular weight is 438 g/mol. The Morgan fingerprint density at radius 3 is 2.44 bits per heavy atom. The van der Waals surface area contributed by atoms with Crippen LogP contribution in [0.25, 0.3) is 0 Å². The predicted octanol–water partition coefficient (Wildman–Crippen LogP) is 2.97. The average Bonchev–Trinajstić information content (AvgIpc) is 2.75. The molecule has 1 aromatic carbocycles. The third-order valence-electron chi connectivity index (χ3n) is 5.99.